The van der Waals surface area contributed by atoms with Gasteiger partial charge in [0.25, 0.3) is 17.7 Å². The quantitative estimate of drug-likeness (QED) is 0.520. The van der Waals surface area contributed by atoms with Crippen LogP contribution in [0.3, 0.4) is 0 Å². The summed E-state index contributed by atoms with van der Waals surface area (Å²) in [6, 6.07) is 12.7. The molecule has 1 aliphatic heterocycles. The number of carbonyl (C=O) groups is 4. The molecule has 0 aliphatic carbocycles. The molecule has 0 fully saturated rings. The number of aryl methyl sites for hydroxylation is 1. The van der Waals surface area contributed by atoms with Crippen LogP contribution >= 0.6 is 0 Å². The van der Waals surface area contributed by atoms with E-state index < -0.39 is 36.3 Å². The van der Waals surface area contributed by atoms with E-state index >= 15 is 0 Å². The average molecular weight is 422 g/mol. The lowest BCUT2D eigenvalue weighted by molar-refractivity contribution is -0.151. The van der Waals surface area contributed by atoms with Gasteiger partial charge < -0.3 is 10.1 Å². The molecule has 0 aromatic heterocycles. The molecule has 162 valence electrons. The predicted octanol–water partition coefficient (Wildman–Crippen LogP) is 3.44. The van der Waals surface area contributed by atoms with Crippen molar-refractivity contribution in [3.05, 3.63) is 65.2 Å². The van der Waals surface area contributed by atoms with Crippen LogP contribution in [0.1, 0.15) is 53.5 Å². The number of carbonyl (C=O) groups excluding carboxylic acids is 4. The van der Waals surface area contributed by atoms with Gasteiger partial charge in [-0.2, -0.15) is 0 Å². The van der Waals surface area contributed by atoms with E-state index in [4.69, 9.17) is 4.74 Å². The normalized spacial score (nSPS) is 13.9. The fraction of sp³-hybridized carbons (Fsp3) is 0.333. The van der Waals surface area contributed by atoms with Gasteiger partial charge in [0.05, 0.1) is 11.1 Å². The topological polar surface area (TPSA) is 92.8 Å². The van der Waals surface area contributed by atoms with E-state index in [0.29, 0.717) is 5.69 Å². The predicted molar refractivity (Wildman–Crippen MR) is 116 cm³/mol. The number of rotatable bonds is 8. The average Bonchev–Trinajstić information content (AvgIpc) is 3.01. The highest BCUT2D eigenvalue weighted by molar-refractivity contribution is 6.22. The van der Waals surface area contributed by atoms with Gasteiger partial charge in [-0.1, -0.05) is 45.0 Å². The molecule has 7 nitrogen and oxygen atoms in total. The van der Waals surface area contributed by atoms with Crippen LogP contribution in [0, 0.1) is 5.92 Å². The summed E-state index contributed by atoms with van der Waals surface area (Å²) < 4.78 is 5.19. The van der Waals surface area contributed by atoms with Gasteiger partial charge >= 0.3 is 5.97 Å². The number of imide groups is 1. The van der Waals surface area contributed by atoms with Gasteiger partial charge in [0.2, 0.25) is 0 Å². The Morgan fingerprint density at radius 2 is 1.55 bits per heavy atom. The van der Waals surface area contributed by atoms with E-state index in [1.54, 1.807) is 36.4 Å². The number of nitrogens with one attached hydrogen (secondary N) is 1. The lowest BCUT2D eigenvalue weighted by atomic mass is 10.0. The molecule has 0 bridgehead atoms. The van der Waals surface area contributed by atoms with Crippen LogP contribution in [0.15, 0.2) is 48.5 Å². The smallest absolute Gasteiger partial charge is 0.329 e. The first-order chi connectivity index (χ1) is 14.8. The molecule has 1 atom stereocenters. The summed E-state index contributed by atoms with van der Waals surface area (Å²) in [6.45, 7) is 5.29. The summed E-state index contributed by atoms with van der Waals surface area (Å²) >= 11 is 0. The first-order valence-corrected chi connectivity index (χ1v) is 10.3. The van der Waals surface area contributed by atoms with Gasteiger partial charge in [-0.05, 0) is 48.6 Å². The van der Waals surface area contributed by atoms with Crippen molar-refractivity contribution >= 4 is 29.4 Å². The Bertz CT molecular complexity index is 962. The lowest BCUT2D eigenvalue weighted by Gasteiger charge is -2.25. The number of benzene rings is 2. The van der Waals surface area contributed by atoms with E-state index in [1.807, 2.05) is 32.9 Å². The van der Waals surface area contributed by atoms with E-state index in [-0.39, 0.29) is 23.5 Å². The van der Waals surface area contributed by atoms with Crippen molar-refractivity contribution in [3.63, 3.8) is 0 Å². The van der Waals surface area contributed by atoms with Gasteiger partial charge in [-0.25, -0.2) is 4.79 Å². The SMILES string of the molecule is CCc1ccc(NC(=O)COC(=O)[C@@H](CC(C)C)N2C(=O)c3ccccc3C2=O)cc1. The number of nitrogens with zero attached hydrogens (tertiary/aromatic N) is 1. The zero-order valence-electron chi connectivity index (χ0n) is 17.9. The Hall–Kier alpha value is -3.48. The van der Waals surface area contributed by atoms with E-state index in [2.05, 4.69) is 5.32 Å². The number of ether oxygens (including phenoxy) is 1. The highest BCUT2D eigenvalue weighted by atomic mass is 16.5. The van der Waals surface area contributed by atoms with Gasteiger partial charge in [0, 0.05) is 5.69 Å². The molecule has 1 aliphatic rings. The van der Waals surface area contributed by atoms with Crippen molar-refractivity contribution in [2.24, 2.45) is 5.92 Å². The summed E-state index contributed by atoms with van der Waals surface area (Å²) in [5.74, 6) is -2.30. The van der Waals surface area contributed by atoms with E-state index in [9.17, 15) is 19.2 Å². The molecule has 2 aromatic rings. The minimum Gasteiger partial charge on any atom is -0.454 e. The molecule has 0 saturated carbocycles. The second-order valence-corrected chi connectivity index (χ2v) is 7.88. The first-order valence-electron chi connectivity index (χ1n) is 10.3. The molecule has 0 radical (unpaired) electrons. The zero-order valence-corrected chi connectivity index (χ0v) is 17.9. The summed E-state index contributed by atoms with van der Waals surface area (Å²) in [6.07, 6.45) is 1.13. The Labute approximate surface area is 181 Å². The maximum Gasteiger partial charge on any atom is 0.329 e. The monoisotopic (exact) mass is 422 g/mol. The van der Waals surface area contributed by atoms with Crippen molar-refractivity contribution < 1.29 is 23.9 Å². The fourth-order valence-corrected chi connectivity index (χ4v) is 3.50. The van der Waals surface area contributed by atoms with Crippen LogP contribution in [0.5, 0.6) is 0 Å². The van der Waals surface area contributed by atoms with Crippen LogP contribution in [-0.4, -0.2) is 41.2 Å². The van der Waals surface area contributed by atoms with Crippen LogP contribution < -0.4 is 5.32 Å². The van der Waals surface area contributed by atoms with Gasteiger partial charge in [0.15, 0.2) is 6.61 Å². The first kappa shape index (κ1) is 22.2. The molecular weight excluding hydrogens is 396 g/mol. The Morgan fingerprint density at radius 3 is 2.06 bits per heavy atom. The third-order valence-corrected chi connectivity index (χ3v) is 5.10. The van der Waals surface area contributed by atoms with Gasteiger partial charge in [-0.15, -0.1) is 0 Å². The third-order valence-electron chi connectivity index (χ3n) is 5.10. The molecule has 7 heteroatoms. The minimum atomic E-state index is -1.09. The number of hydrogen-bond acceptors (Lipinski definition) is 5. The van der Waals surface area contributed by atoms with Crippen LogP contribution in [0.4, 0.5) is 5.69 Å². The Balaban J connectivity index is 1.67. The molecule has 3 amide bonds. The van der Waals surface area contributed by atoms with Crippen molar-refractivity contribution in [1.82, 2.24) is 4.90 Å². The van der Waals surface area contributed by atoms with Gasteiger partial charge in [0.1, 0.15) is 6.04 Å². The molecular formula is C24H26N2O5. The number of fused-ring (bicyclic) bond motifs is 1. The van der Waals surface area contributed by atoms with Crippen molar-refractivity contribution in [2.75, 3.05) is 11.9 Å². The molecule has 0 unspecified atom stereocenters. The third kappa shape index (κ3) is 4.99. The van der Waals surface area contributed by atoms with Crippen molar-refractivity contribution in [1.29, 1.82) is 0 Å². The second kappa shape index (κ2) is 9.55. The molecule has 1 heterocycles. The van der Waals surface area contributed by atoms with Crippen molar-refractivity contribution in [3.8, 4) is 0 Å². The second-order valence-electron chi connectivity index (χ2n) is 7.88. The summed E-state index contributed by atoms with van der Waals surface area (Å²) in [4.78, 5) is 51.5. The molecule has 3 rings (SSSR count). The summed E-state index contributed by atoms with van der Waals surface area (Å²) in [5.41, 5.74) is 2.27. The number of esters is 1. The van der Waals surface area contributed by atoms with Crippen LogP contribution in [0.25, 0.3) is 0 Å². The van der Waals surface area contributed by atoms with E-state index in [1.165, 1.54) is 0 Å². The molecule has 1 N–H and O–H groups in total. The summed E-state index contributed by atoms with van der Waals surface area (Å²) in [7, 11) is 0. The van der Waals surface area contributed by atoms with E-state index in [0.717, 1.165) is 16.9 Å². The van der Waals surface area contributed by atoms with Crippen LogP contribution in [0.2, 0.25) is 0 Å². The zero-order chi connectivity index (χ0) is 22.5. The van der Waals surface area contributed by atoms with Crippen molar-refractivity contribution in [2.45, 2.75) is 39.7 Å². The maximum atomic E-state index is 12.8. The molecule has 2 aromatic carbocycles. The Kier molecular flexibility index (Phi) is 6.84. The number of amides is 3. The molecule has 31 heavy (non-hydrogen) atoms. The number of anilines is 1. The molecule has 0 saturated heterocycles. The van der Waals surface area contributed by atoms with Gasteiger partial charge in [-0.3, -0.25) is 19.3 Å². The summed E-state index contributed by atoms with van der Waals surface area (Å²) in [5, 5.41) is 2.67. The molecule has 0 spiro atoms. The highest BCUT2D eigenvalue weighted by Gasteiger charge is 2.43. The standard InChI is InChI=1S/C24H26N2O5/c1-4-16-9-11-17(12-10-16)25-21(27)14-31-24(30)20(13-15(2)3)26-22(28)18-7-5-6-8-19(18)23(26)29/h5-12,15,20H,4,13-14H2,1-3H3,(H,25,27)/t20-/m1/s1. The fourth-order valence-electron chi connectivity index (χ4n) is 3.50. The lowest BCUT2D eigenvalue weighted by Crippen LogP contribution is -2.46. The Morgan fingerprint density at radius 1 is 0.968 bits per heavy atom. The number of hydrogen-bond donors (Lipinski definition) is 1. The minimum absolute atomic E-state index is 0.0211. The largest absolute Gasteiger partial charge is 0.454 e. The van der Waals surface area contributed by atoms with Crippen LogP contribution in [-0.2, 0) is 20.7 Å². The highest BCUT2D eigenvalue weighted by Crippen LogP contribution is 2.27. The maximum absolute atomic E-state index is 12.8.